The molecule has 2 atom stereocenters. The van der Waals surface area contributed by atoms with Gasteiger partial charge in [0, 0.05) is 18.7 Å². The van der Waals surface area contributed by atoms with Gasteiger partial charge in [-0.05, 0) is 25.0 Å². The number of aromatic nitrogens is 1. The van der Waals surface area contributed by atoms with Gasteiger partial charge in [-0.25, -0.2) is 0 Å². The molecular formula is C13H18N2O2S. The Labute approximate surface area is 111 Å². The van der Waals surface area contributed by atoms with E-state index in [-0.39, 0.29) is 17.9 Å². The third kappa shape index (κ3) is 3.17. The van der Waals surface area contributed by atoms with Crippen molar-refractivity contribution in [1.29, 1.82) is 0 Å². The van der Waals surface area contributed by atoms with Crippen molar-refractivity contribution in [2.45, 2.75) is 31.8 Å². The molecule has 0 radical (unpaired) electrons. The zero-order valence-electron chi connectivity index (χ0n) is 10.2. The summed E-state index contributed by atoms with van der Waals surface area (Å²) in [6, 6.07) is 3.45. The molecule has 0 saturated heterocycles. The molecule has 1 fully saturated rings. The van der Waals surface area contributed by atoms with Gasteiger partial charge in [-0.15, -0.1) is 0 Å². The van der Waals surface area contributed by atoms with Gasteiger partial charge in [0.1, 0.15) is 4.64 Å². The summed E-state index contributed by atoms with van der Waals surface area (Å²) in [4.78, 5) is 14.8. The van der Waals surface area contributed by atoms with Gasteiger partial charge in [-0.3, -0.25) is 4.79 Å². The average Bonchev–Trinajstić information content (AvgIpc) is 2.38. The largest absolute Gasteiger partial charge is 0.393 e. The number of carbonyl (C=O) groups excluding carboxylic acids is 1. The Kier molecular flexibility index (Phi) is 4.49. The van der Waals surface area contributed by atoms with Crippen LogP contribution in [0.4, 0.5) is 0 Å². The van der Waals surface area contributed by atoms with Crippen LogP contribution in [0.1, 0.15) is 36.0 Å². The summed E-state index contributed by atoms with van der Waals surface area (Å²) in [6.07, 6.45) is 5.43. The predicted octanol–water partition coefficient (Wildman–Crippen LogP) is 2.03. The molecule has 0 unspecified atom stereocenters. The van der Waals surface area contributed by atoms with E-state index in [4.69, 9.17) is 12.2 Å². The van der Waals surface area contributed by atoms with E-state index in [9.17, 15) is 9.90 Å². The molecule has 1 aliphatic rings. The van der Waals surface area contributed by atoms with E-state index in [1.807, 2.05) is 0 Å². The average molecular weight is 266 g/mol. The number of rotatable bonds is 3. The van der Waals surface area contributed by atoms with Gasteiger partial charge in [-0.2, -0.15) is 0 Å². The fraction of sp³-hybridized carbons (Fsp3) is 0.538. The molecule has 0 aliphatic heterocycles. The first-order valence-corrected chi connectivity index (χ1v) is 6.73. The number of aliphatic hydroxyl groups excluding tert-OH is 1. The number of carbonyl (C=O) groups is 1. The normalized spacial score (nSPS) is 23.6. The van der Waals surface area contributed by atoms with E-state index < -0.39 is 0 Å². The van der Waals surface area contributed by atoms with Crippen molar-refractivity contribution >= 4 is 18.1 Å². The number of H-pyrrole nitrogens is 1. The summed E-state index contributed by atoms with van der Waals surface area (Å²) < 4.78 is 0.444. The van der Waals surface area contributed by atoms with Crippen LogP contribution in [-0.4, -0.2) is 28.6 Å². The van der Waals surface area contributed by atoms with Gasteiger partial charge in [-0.1, -0.05) is 25.1 Å². The van der Waals surface area contributed by atoms with E-state index in [1.165, 1.54) is 0 Å². The van der Waals surface area contributed by atoms with Crippen LogP contribution in [0.2, 0.25) is 0 Å². The molecule has 98 valence electrons. The Morgan fingerprint density at radius 2 is 2.28 bits per heavy atom. The number of nitrogens with one attached hydrogen (secondary N) is 2. The van der Waals surface area contributed by atoms with Gasteiger partial charge < -0.3 is 15.4 Å². The van der Waals surface area contributed by atoms with Gasteiger partial charge in [0.2, 0.25) is 0 Å². The molecule has 3 N–H and O–H groups in total. The number of aromatic amines is 1. The molecule has 0 aromatic carbocycles. The molecule has 2 rings (SSSR count). The van der Waals surface area contributed by atoms with Crippen molar-refractivity contribution in [2.24, 2.45) is 5.92 Å². The van der Waals surface area contributed by atoms with E-state index in [2.05, 4.69) is 10.3 Å². The Morgan fingerprint density at radius 1 is 1.50 bits per heavy atom. The molecule has 4 nitrogen and oxygen atoms in total. The van der Waals surface area contributed by atoms with Crippen molar-refractivity contribution < 1.29 is 9.90 Å². The number of hydrogen-bond acceptors (Lipinski definition) is 3. The molecule has 1 amide bonds. The molecule has 18 heavy (non-hydrogen) atoms. The molecule has 1 saturated carbocycles. The first kappa shape index (κ1) is 13.2. The lowest BCUT2D eigenvalue weighted by Gasteiger charge is -2.27. The zero-order valence-corrected chi connectivity index (χ0v) is 11.0. The van der Waals surface area contributed by atoms with E-state index in [0.29, 0.717) is 16.7 Å². The Bertz CT molecular complexity index is 472. The van der Waals surface area contributed by atoms with Crippen LogP contribution in [0.25, 0.3) is 0 Å². The van der Waals surface area contributed by atoms with Crippen molar-refractivity contribution in [3.63, 3.8) is 0 Å². The minimum absolute atomic E-state index is 0.170. The minimum atomic E-state index is -0.288. The van der Waals surface area contributed by atoms with Crippen molar-refractivity contribution in [3.05, 3.63) is 28.5 Å². The number of amides is 1. The molecule has 1 aliphatic carbocycles. The number of hydrogen-bond donors (Lipinski definition) is 3. The molecule has 0 spiro atoms. The van der Waals surface area contributed by atoms with E-state index in [1.54, 1.807) is 18.3 Å². The van der Waals surface area contributed by atoms with Gasteiger partial charge in [0.15, 0.2) is 0 Å². The highest BCUT2D eigenvalue weighted by Gasteiger charge is 2.23. The second-order valence-electron chi connectivity index (χ2n) is 4.73. The van der Waals surface area contributed by atoms with Crippen LogP contribution in [0.3, 0.4) is 0 Å². The highest BCUT2D eigenvalue weighted by atomic mass is 32.1. The van der Waals surface area contributed by atoms with Crippen molar-refractivity contribution in [1.82, 2.24) is 10.3 Å². The Morgan fingerprint density at radius 3 is 3.00 bits per heavy atom. The molecule has 1 aromatic heterocycles. The molecule has 5 heteroatoms. The topological polar surface area (TPSA) is 65.1 Å². The van der Waals surface area contributed by atoms with Crippen LogP contribution < -0.4 is 5.32 Å². The van der Waals surface area contributed by atoms with E-state index >= 15 is 0 Å². The molecule has 1 aromatic rings. The summed E-state index contributed by atoms with van der Waals surface area (Å²) in [5.41, 5.74) is 0.484. The highest BCUT2D eigenvalue weighted by molar-refractivity contribution is 7.71. The van der Waals surface area contributed by atoms with Crippen molar-refractivity contribution in [2.75, 3.05) is 6.54 Å². The summed E-state index contributed by atoms with van der Waals surface area (Å²) in [5, 5.41) is 12.7. The zero-order chi connectivity index (χ0) is 13.0. The van der Waals surface area contributed by atoms with Crippen LogP contribution >= 0.6 is 12.2 Å². The predicted molar refractivity (Wildman–Crippen MR) is 71.9 cm³/mol. The fourth-order valence-corrected chi connectivity index (χ4v) is 2.57. The maximum Gasteiger partial charge on any atom is 0.254 e. The first-order chi connectivity index (χ1) is 8.68. The quantitative estimate of drug-likeness (QED) is 0.733. The smallest absolute Gasteiger partial charge is 0.254 e. The fourth-order valence-electron chi connectivity index (χ4n) is 2.35. The third-order valence-corrected chi connectivity index (χ3v) is 3.79. The maximum atomic E-state index is 11.9. The summed E-state index contributed by atoms with van der Waals surface area (Å²) >= 11 is 5.06. The summed E-state index contributed by atoms with van der Waals surface area (Å²) in [5.74, 6) is -0.00131. The molecule has 1 heterocycles. The van der Waals surface area contributed by atoms with Gasteiger partial charge in [0.25, 0.3) is 5.91 Å². The second-order valence-corrected chi connectivity index (χ2v) is 5.14. The van der Waals surface area contributed by atoms with Crippen molar-refractivity contribution in [3.8, 4) is 0 Å². The molecule has 0 bridgehead atoms. The first-order valence-electron chi connectivity index (χ1n) is 6.32. The molecular weight excluding hydrogens is 248 g/mol. The van der Waals surface area contributed by atoms with Crippen LogP contribution in [0.15, 0.2) is 18.3 Å². The lowest BCUT2D eigenvalue weighted by Crippen LogP contribution is -2.36. The maximum absolute atomic E-state index is 11.9. The monoisotopic (exact) mass is 266 g/mol. The van der Waals surface area contributed by atoms with Gasteiger partial charge in [0.05, 0.1) is 11.7 Å². The Balaban J connectivity index is 1.92. The summed E-state index contributed by atoms with van der Waals surface area (Å²) in [7, 11) is 0. The standard InChI is InChI=1S/C13H18N2O2S/c16-11-6-2-1-4-9(11)8-15-12(17)10-5-3-7-14-13(10)18/h3,5,7,9,11,16H,1-2,4,6,8H2,(H,14,18)(H,15,17)/t9-,11-/m0/s1. The lowest BCUT2D eigenvalue weighted by atomic mass is 9.86. The SMILES string of the molecule is O=C(NC[C@@H]1CCCC[C@@H]1O)c1ccc[nH]c1=S. The third-order valence-electron chi connectivity index (χ3n) is 3.46. The van der Waals surface area contributed by atoms with E-state index in [0.717, 1.165) is 25.7 Å². The van der Waals surface area contributed by atoms with Crippen LogP contribution in [0.5, 0.6) is 0 Å². The number of aliphatic hydroxyl groups is 1. The summed E-state index contributed by atoms with van der Waals surface area (Å²) in [6.45, 7) is 0.518. The van der Waals surface area contributed by atoms with Crippen LogP contribution in [0, 0.1) is 10.6 Å². The number of pyridine rings is 1. The Hall–Kier alpha value is -1.20. The van der Waals surface area contributed by atoms with Crippen LogP contribution in [-0.2, 0) is 0 Å². The minimum Gasteiger partial charge on any atom is -0.393 e. The van der Waals surface area contributed by atoms with Gasteiger partial charge >= 0.3 is 0 Å². The lowest BCUT2D eigenvalue weighted by molar-refractivity contribution is 0.0662. The second kappa shape index (κ2) is 6.11. The highest BCUT2D eigenvalue weighted by Crippen LogP contribution is 2.23.